The molecule has 3 rings (SSSR count). The van der Waals surface area contributed by atoms with E-state index >= 15 is 0 Å². The lowest BCUT2D eigenvalue weighted by Gasteiger charge is -2.23. The van der Waals surface area contributed by atoms with E-state index in [0.717, 1.165) is 5.56 Å². The molecule has 1 aromatic carbocycles. The van der Waals surface area contributed by atoms with Crippen LogP contribution in [0.5, 0.6) is 0 Å². The van der Waals surface area contributed by atoms with Crippen molar-refractivity contribution >= 4 is 5.91 Å². The molecule has 5 nitrogen and oxygen atoms in total. The Bertz CT molecular complexity index is 696. The highest BCUT2D eigenvalue weighted by atomic mass is 19.4. The minimum Gasteiger partial charge on any atom is -0.346 e. The Balaban J connectivity index is 1.84. The number of aromatic nitrogens is 3. The molecule has 0 saturated heterocycles. The lowest BCUT2D eigenvalue weighted by molar-refractivity contribution is -0.139. The number of nitrogens with one attached hydrogen (secondary N) is 1. The van der Waals surface area contributed by atoms with E-state index in [-0.39, 0.29) is 0 Å². The van der Waals surface area contributed by atoms with E-state index < -0.39 is 24.5 Å². The summed E-state index contributed by atoms with van der Waals surface area (Å²) in [5.41, 5.74) is 0.864. The molecule has 0 aliphatic carbocycles. The molecule has 1 unspecified atom stereocenters. The molecule has 0 saturated carbocycles. The molecule has 1 aliphatic rings. The summed E-state index contributed by atoms with van der Waals surface area (Å²) in [5.74, 6) is -0.296. The number of carbonyl (C=O) groups excluding carboxylic acids is 1. The van der Waals surface area contributed by atoms with E-state index in [4.69, 9.17) is 0 Å². The minimum atomic E-state index is -4.42. The Morgan fingerprint density at radius 2 is 2.00 bits per heavy atom. The van der Waals surface area contributed by atoms with Gasteiger partial charge in [0.15, 0.2) is 5.82 Å². The van der Waals surface area contributed by atoms with Gasteiger partial charge in [0.1, 0.15) is 12.4 Å². The number of amides is 1. The standard InChI is InChI=1S/C15H15F3N4O/c16-15(17,18)9-19-14(23)11-7-4-8-22-12(20-21-13(11)22)10-5-2-1-3-6-10/h1-3,5-6,11H,4,7-9H2,(H,19,23). The van der Waals surface area contributed by atoms with E-state index in [1.165, 1.54) is 0 Å². The van der Waals surface area contributed by atoms with Gasteiger partial charge in [0.25, 0.3) is 0 Å². The van der Waals surface area contributed by atoms with Crippen LogP contribution >= 0.6 is 0 Å². The molecule has 23 heavy (non-hydrogen) atoms. The highest BCUT2D eigenvalue weighted by Gasteiger charge is 2.34. The summed E-state index contributed by atoms with van der Waals surface area (Å²) in [7, 11) is 0. The Hall–Kier alpha value is -2.38. The number of halogens is 3. The van der Waals surface area contributed by atoms with Gasteiger partial charge in [-0.2, -0.15) is 13.2 Å². The average molecular weight is 324 g/mol. The fourth-order valence-electron chi connectivity index (χ4n) is 2.74. The molecule has 0 fully saturated rings. The first-order valence-electron chi connectivity index (χ1n) is 7.29. The SMILES string of the molecule is O=C(NCC(F)(F)F)C1CCCn2c(-c3ccccc3)nnc21. The number of rotatable bonds is 3. The van der Waals surface area contributed by atoms with Crippen LogP contribution in [0.15, 0.2) is 30.3 Å². The Labute approximate surface area is 130 Å². The molecule has 8 heteroatoms. The van der Waals surface area contributed by atoms with Gasteiger partial charge in [-0.1, -0.05) is 30.3 Å². The summed E-state index contributed by atoms with van der Waals surface area (Å²) < 4.78 is 38.6. The number of nitrogens with zero attached hydrogens (tertiary/aromatic N) is 3. The minimum absolute atomic E-state index is 0.426. The number of fused-ring (bicyclic) bond motifs is 1. The monoisotopic (exact) mass is 324 g/mol. The van der Waals surface area contributed by atoms with Crippen LogP contribution in [0.25, 0.3) is 11.4 Å². The molecule has 2 aromatic rings. The van der Waals surface area contributed by atoms with Crippen molar-refractivity contribution in [3.05, 3.63) is 36.2 Å². The van der Waals surface area contributed by atoms with Gasteiger partial charge < -0.3 is 9.88 Å². The number of alkyl halides is 3. The zero-order valence-corrected chi connectivity index (χ0v) is 12.2. The van der Waals surface area contributed by atoms with Crippen molar-refractivity contribution in [2.45, 2.75) is 31.5 Å². The lowest BCUT2D eigenvalue weighted by atomic mass is 9.97. The maximum absolute atomic E-state index is 12.3. The van der Waals surface area contributed by atoms with Gasteiger partial charge >= 0.3 is 6.18 Å². The van der Waals surface area contributed by atoms with Gasteiger partial charge in [-0.15, -0.1) is 10.2 Å². The maximum Gasteiger partial charge on any atom is 0.405 e. The van der Waals surface area contributed by atoms with Crippen LogP contribution < -0.4 is 5.32 Å². The Morgan fingerprint density at radius 1 is 1.26 bits per heavy atom. The Kier molecular flexibility index (Phi) is 4.06. The molecular weight excluding hydrogens is 309 g/mol. The molecule has 0 spiro atoms. The largest absolute Gasteiger partial charge is 0.405 e. The predicted octanol–water partition coefficient (Wildman–Crippen LogP) is 2.50. The van der Waals surface area contributed by atoms with Gasteiger partial charge in [-0.05, 0) is 12.8 Å². The average Bonchev–Trinajstić information content (AvgIpc) is 2.96. The molecule has 2 heterocycles. The first-order valence-corrected chi connectivity index (χ1v) is 7.29. The number of hydrogen-bond donors (Lipinski definition) is 1. The second kappa shape index (κ2) is 6.02. The first-order chi connectivity index (χ1) is 11.0. The van der Waals surface area contributed by atoms with E-state index in [2.05, 4.69) is 10.2 Å². The predicted molar refractivity (Wildman–Crippen MR) is 76.5 cm³/mol. The van der Waals surface area contributed by atoms with Crippen molar-refractivity contribution in [2.24, 2.45) is 0 Å². The second-order valence-electron chi connectivity index (χ2n) is 5.43. The summed E-state index contributed by atoms with van der Waals surface area (Å²) >= 11 is 0. The normalized spacial score (nSPS) is 17.6. The third-order valence-corrected chi connectivity index (χ3v) is 3.78. The third kappa shape index (κ3) is 3.35. The number of benzene rings is 1. The van der Waals surface area contributed by atoms with Gasteiger partial charge in [0.05, 0.1) is 5.92 Å². The highest BCUT2D eigenvalue weighted by molar-refractivity contribution is 5.83. The van der Waals surface area contributed by atoms with Crippen molar-refractivity contribution in [1.29, 1.82) is 0 Å². The van der Waals surface area contributed by atoms with E-state index in [0.29, 0.717) is 31.0 Å². The van der Waals surface area contributed by atoms with Crippen molar-refractivity contribution in [3.63, 3.8) is 0 Å². The summed E-state index contributed by atoms with van der Waals surface area (Å²) in [4.78, 5) is 12.1. The van der Waals surface area contributed by atoms with Crippen molar-refractivity contribution in [3.8, 4) is 11.4 Å². The van der Waals surface area contributed by atoms with Crippen LogP contribution in [-0.2, 0) is 11.3 Å². The smallest absolute Gasteiger partial charge is 0.346 e. The third-order valence-electron chi connectivity index (χ3n) is 3.78. The van der Waals surface area contributed by atoms with Crippen LogP contribution in [0.2, 0.25) is 0 Å². The van der Waals surface area contributed by atoms with Gasteiger partial charge in [-0.3, -0.25) is 4.79 Å². The quantitative estimate of drug-likeness (QED) is 0.944. The fourth-order valence-corrected chi connectivity index (χ4v) is 2.74. The lowest BCUT2D eigenvalue weighted by Crippen LogP contribution is -2.38. The highest BCUT2D eigenvalue weighted by Crippen LogP contribution is 2.30. The Morgan fingerprint density at radius 3 is 2.70 bits per heavy atom. The van der Waals surface area contributed by atoms with Crippen LogP contribution in [0, 0.1) is 0 Å². The van der Waals surface area contributed by atoms with E-state index in [1.807, 2.05) is 40.2 Å². The molecule has 1 atom stereocenters. The molecule has 0 bridgehead atoms. The van der Waals surface area contributed by atoms with Gasteiger partial charge in [-0.25, -0.2) is 0 Å². The molecule has 1 amide bonds. The molecular formula is C15H15F3N4O. The molecule has 1 N–H and O–H groups in total. The maximum atomic E-state index is 12.3. The fraction of sp³-hybridized carbons (Fsp3) is 0.400. The first kappa shape index (κ1) is 15.5. The zero-order chi connectivity index (χ0) is 16.4. The molecule has 1 aliphatic heterocycles. The summed E-state index contributed by atoms with van der Waals surface area (Å²) in [6, 6.07) is 9.38. The zero-order valence-electron chi connectivity index (χ0n) is 12.2. The van der Waals surface area contributed by atoms with E-state index in [1.54, 1.807) is 0 Å². The summed E-state index contributed by atoms with van der Waals surface area (Å²) in [6.45, 7) is -0.683. The van der Waals surface area contributed by atoms with Crippen molar-refractivity contribution < 1.29 is 18.0 Å². The van der Waals surface area contributed by atoms with Crippen molar-refractivity contribution in [2.75, 3.05) is 6.54 Å². The topological polar surface area (TPSA) is 59.8 Å². The van der Waals surface area contributed by atoms with Crippen LogP contribution in [0.4, 0.5) is 13.2 Å². The van der Waals surface area contributed by atoms with E-state index in [9.17, 15) is 18.0 Å². The molecule has 1 aromatic heterocycles. The van der Waals surface area contributed by atoms with Gasteiger partial charge in [0.2, 0.25) is 5.91 Å². The van der Waals surface area contributed by atoms with Crippen LogP contribution in [-0.4, -0.2) is 33.4 Å². The van der Waals surface area contributed by atoms with Crippen LogP contribution in [0.1, 0.15) is 24.6 Å². The molecule has 0 radical (unpaired) electrons. The van der Waals surface area contributed by atoms with Crippen LogP contribution in [0.3, 0.4) is 0 Å². The number of hydrogen-bond acceptors (Lipinski definition) is 3. The summed E-state index contributed by atoms with van der Waals surface area (Å²) in [6.07, 6.45) is -3.27. The number of carbonyl (C=O) groups is 1. The van der Waals surface area contributed by atoms with Crippen molar-refractivity contribution in [1.82, 2.24) is 20.1 Å². The second-order valence-corrected chi connectivity index (χ2v) is 5.43. The summed E-state index contributed by atoms with van der Waals surface area (Å²) in [5, 5.41) is 10.1. The molecule has 122 valence electrons. The van der Waals surface area contributed by atoms with Gasteiger partial charge in [0, 0.05) is 12.1 Å².